The van der Waals surface area contributed by atoms with E-state index in [-0.39, 0.29) is 18.2 Å². The molecule has 23 heavy (non-hydrogen) atoms. The summed E-state index contributed by atoms with van der Waals surface area (Å²) in [7, 11) is 0. The molecule has 2 saturated heterocycles. The fourth-order valence-corrected chi connectivity index (χ4v) is 4.57. The van der Waals surface area contributed by atoms with Gasteiger partial charge in [-0.05, 0) is 48.6 Å². The lowest BCUT2D eigenvalue weighted by molar-refractivity contribution is 0.0846. The average Bonchev–Trinajstić information content (AvgIpc) is 3.31. The Morgan fingerprint density at radius 1 is 1.35 bits per heavy atom. The second-order valence-corrected chi connectivity index (χ2v) is 7.30. The molecule has 4 rings (SSSR count). The van der Waals surface area contributed by atoms with Gasteiger partial charge in [0.2, 0.25) is 0 Å². The summed E-state index contributed by atoms with van der Waals surface area (Å²) >= 11 is 7.41. The minimum atomic E-state index is 0.0868. The number of hydrogen-bond donors (Lipinski definition) is 1. The van der Waals surface area contributed by atoms with E-state index >= 15 is 0 Å². The Morgan fingerprint density at radius 2 is 2.30 bits per heavy atom. The van der Waals surface area contributed by atoms with Crippen molar-refractivity contribution in [3.05, 3.63) is 52.5 Å². The first kappa shape index (κ1) is 15.1. The van der Waals surface area contributed by atoms with Crippen LogP contribution >= 0.6 is 23.6 Å². The number of ether oxygens (including phenoxy) is 1. The molecule has 0 aromatic carbocycles. The summed E-state index contributed by atoms with van der Waals surface area (Å²) in [4.78, 5) is 8.15. The van der Waals surface area contributed by atoms with E-state index in [0.29, 0.717) is 0 Å². The van der Waals surface area contributed by atoms with Gasteiger partial charge >= 0.3 is 0 Å². The van der Waals surface area contributed by atoms with Crippen LogP contribution in [0.25, 0.3) is 0 Å². The van der Waals surface area contributed by atoms with Gasteiger partial charge in [-0.2, -0.15) is 0 Å². The molecule has 120 valence electrons. The molecule has 0 radical (unpaired) electrons. The van der Waals surface area contributed by atoms with Crippen molar-refractivity contribution in [3.8, 4) is 0 Å². The Hall–Kier alpha value is -1.50. The molecule has 0 amide bonds. The summed E-state index contributed by atoms with van der Waals surface area (Å²) in [5.74, 6) is 0. The monoisotopic (exact) mass is 345 g/mol. The molecule has 4 heterocycles. The Labute approximate surface area is 145 Å². The van der Waals surface area contributed by atoms with Crippen molar-refractivity contribution in [3.63, 3.8) is 0 Å². The zero-order chi connectivity index (χ0) is 15.6. The average molecular weight is 345 g/mol. The Balaban J connectivity index is 1.66. The second kappa shape index (κ2) is 6.55. The standard InChI is InChI=1S/C17H19N3OS2/c22-17-19-15(13-6-1-2-8-18-13)16(14-7-4-10-23-14)20(17)11-12-5-3-9-21-12/h1-2,4,6-8,10,12,15-16H,3,5,9,11H2,(H,19,22)/t12-,15+,16-/m0/s1. The Morgan fingerprint density at radius 3 is 3.00 bits per heavy atom. The molecule has 4 nitrogen and oxygen atoms in total. The van der Waals surface area contributed by atoms with Crippen LogP contribution in [0.1, 0.15) is 35.5 Å². The van der Waals surface area contributed by atoms with Crippen molar-refractivity contribution in [2.75, 3.05) is 13.2 Å². The number of aromatic nitrogens is 1. The number of thiophene rings is 1. The van der Waals surface area contributed by atoms with Crippen LogP contribution < -0.4 is 5.32 Å². The Bertz CT molecular complexity index is 656. The van der Waals surface area contributed by atoms with Crippen molar-refractivity contribution in [2.45, 2.75) is 31.0 Å². The third-order valence-electron chi connectivity index (χ3n) is 4.46. The van der Waals surface area contributed by atoms with E-state index in [1.165, 1.54) is 4.88 Å². The van der Waals surface area contributed by atoms with Crippen molar-refractivity contribution < 1.29 is 4.74 Å². The smallest absolute Gasteiger partial charge is 0.170 e. The molecule has 2 aromatic heterocycles. The van der Waals surface area contributed by atoms with Crippen LogP contribution in [0.15, 0.2) is 41.9 Å². The first-order valence-electron chi connectivity index (χ1n) is 7.96. The molecule has 0 spiro atoms. The van der Waals surface area contributed by atoms with Gasteiger partial charge < -0.3 is 15.0 Å². The minimum absolute atomic E-state index is 0.0868. The summed E-state index contributed by atoms with van der Waals surface area (Å²) in [6, 6.07) is 10.6. The number of rotatable bonds is 4. The highest BCUT2D eigenvalue weighted by atomic mass is 32.1. The molecule has 0 saturated carbocycles. The van der Waals surface area contributed by atoms with E-state index in [0.717, 1.165) is 36.8 Å². The van der Waals surface area contributed by atoms with Gasteiger partial charge in [-0.1, -0.05) is 12.1 Å². The van der Waals surface area contributed by atoms with Crippen molar-refractivity contribution in [1.29, 1.82) is 0 Å². The van der Waals surface area contributed by atoms with Crippen molar-refractivity contribution >= 4 is 28.7 Å². The molecule has 0 aliphatic carbocycles. The number of thiocarbonyl (C=S) groups is 1. The summed E-state index contributed by atoms with van der Waals surface area (Å²) in [6.45, 7) is 1.71. The largest absolute Gasteiger partial charge is 0.376 e. The van der Waals surface area contributed by atoms with E-state index in [2.05, 4.69) is 38.8 Å². The maximum atomic E-state index is 5.83. The highest BCUT2D eigenvalue weighted by Gasteiger charge is 2.41. The number of pyridine rings is 1. The fourth-order valence-electron chi connectivity index (χ4n) is 3.38. The molecule has 0 unspecified atom stereocenters. The van der Waals surface area contributed by atoms with E-state index in [4.69, 9.17) is 17.0 Å². The van der Waals surface area contributed by atoms with Crippen molar-refractivity contribution in [2.24, 2.45) is 0 Å². The van der Waals surface area contributed by atoms with Crippen LogP contribution in [0, 0.1) is 0 Å². The zero-order valence-corrected chi connectivity index (χ0v) is 14.4. The molecular formula is C17H19N3OS2. The zero-order valence-electron chi connectivity index (χ0n) is 12.7. The minimum Gasteiger partial charge on any atom is -0.376 e. The van der Waals surface area contributed by atoms with E-state index in [1.54, 1.807) is 11.3 Å². The van der Waals surface area contributed by atoms with Crippen molar-refractivity contribution in [1.82, 2.24) is 15.2 Å². The van der Waals surface area contributed by atoms with Crippen LogP contribution in [0.3, 0.4) is 0 Å². The summed E-state index contributed by atoms with van der Waals surface area (Å²) < 4.78 is 5.83. The highest BCUT2D eigenvalue weighted by Crippen LogP contribution is 2.40. The molecule has 2 aliphatic heterocycles. The van der Waals surface area contributed by atoms with E-state index in [9.17, 15) is 0 Å². The quantitative estimate of drug-likeness (QED) is 0.861. The topological polar surface area (TPSA) is 37.4 Å². The van der Waals surface area contributed by atoms with Gasteiger partial charge in [0, 0.05) is 24.2 Å². The summed E-state index contributed by atoms with van der Waals surface area (Å²) in [5, 5.41) is 6.40. The lowest BCUT2D eigenvalue weighted by Gasteiger charge is -2.28. The lowest BCUT2D eigenvalue weighted by atomic mass is 10.0. The van der Waals surface area contributed by atoms with Gasteiger partial charge in [-0.25, -0.2) is 0 Å². The molecule has 3 atom stereocenters. The van der Waals surface area contributed by atoms with Gasteiger partial charge in [-0.3, -0.25) is 4.98 Å². The normalized spacial score (nSPS) is 27.4. The predicted octanol–water partition coefficient (Wildman–Crippen LogP) is 3.29. The van der Waals surface area contributed by atoms with Gasteiger partial charge in [0.1, 0.15) is 0 Å². The molecule has 0 bridgehead atoms. The maximum absolute atomic E-state index is 5.83. The number of hydrogen-bond acceptors (Lipinski definition) is 4. The van der Waals surface area contributed by atoms with Gasteiger partial charge in [0.15, 0.2) is 5.11 Å². The SMILES string of the molecule is S=C1N[C@H](c2ccccn2)[C@H](c2cccs2)N1C[C@@H]1CCCO1. The summed E-state index contributed by atoms with van der Waals surface area (Å²) in [6.07, 6.45) is 4.38. The lowest BCUT2D eigenvalue weighted by Crippen LogP contribution is -2.36. The van der Waals surface area contributed by atoms with Crippen LogP contribution in [-0.2, 0) is 4.74 Å². The molecule has 1 N–H and O–H groups in total. The van der Waals surface area contributed by atoms with Gasteiger partial charge in [0.05, 0.1) is 23.9 Å². The maximum Gasteiger partial charge on any atom is 0.170 e. The fraction of sp³-hybridized carbons (Fsp3) is 0.412. The van der Waals surface area contributed by atoms with E-state index in [1.807, 2.05) is 18.3 Å². The van der Waals surface area contributed by atoms with Crippen LogP contribution in [0.4, 0.5) is 0 Å². The number of nitrogens with one attached hydrogen (secondary N) is 1. The molecule has 2 aromatic rings. The molecule has 2 fully saturated rings. The molecule has 6 heteroatoms. The van der Waals surface area contributed by atoms with Gasteiger partial charge in [-0.15, -0.1) is 11.3 Å². The van der Waals surface area contributed by atoms with E-state index < -0.39 is 0 Å². The third-order valence-corrected chi connectivity index (χ3v) is 5.75. The van der Waals surface area contributed by atoms with Gasteiger partial charge in [0.25, 0.3) is 0 Å². The first-order valence-corrected chi connectivity index (χ1v) is 9.25. The first-order chi connectivity index (χ1) is 11.3. The van der Waals surface area contributed by atoms with Crippen LogP contribution in [-0.4, -0.2) is 34.3 Å². The molecular weight excluding hydrogens is 326 g/mol. The molecule has 2 aliphatic rings. The third kappa shape index (κ3) is 2.98. The Kier molecular flexibility index (Phi) is 4.29. The van der Waals surface area contributed by atoms with Crippen LogP contribution in [0.2, 0.25) is 0 Å². The number of nitrogens with zero attached hydrogens (tertiary/aromatic N) is 2. The van der Waals surface area contributed by atoms with Crippen LogP contribution in [0.5, 0.6) is 0 Å². The second-order valence-electron chi connectivity index (χ2n) is 5.93. The highest BCUT2D eigenvalue weighted by molar-refractivity contribution is 7.80. The predicted molar refractivity (Wildman–Crippen MR) is 95.5 cm³/mol. The summed E-state index contributed by atoms with van der Waals surface area (Å²) in [5.41, 5.74) is 1.03.